The summed E-state index contributed by atoms with van der Waals surface area (Å²) in [6.45, 7) is 3.03. The molecule has 0 bridgehead atoms. The Morgan fingerprint density at radius 3 is 2.67 bits per heavy atom. The van der Waals surface area contributed by atoms with Gasteiger partial charge in [-0.15, -0.1) is 0 Å². The predicted octanol–water partition coefficient (Wildman–Crippen LogP) is -0.519. The van der Waals surface area contributed by atoms with Crippen LogP contribution in [-0.4, -0.2) is 41.0 Å². The van der Waals surface area contributed by atoms with E-state index in [4.69, 9.17) is 17.3 Å². The zero-order chi connectivity index (χ0) is 21.7. The number of nitrogens with two attached hydrogens (primary N) is 3. The third-order valence-corrected chi connectivity index (χ3v) is 6.14. The second kappa shape index (κ2) is 7.31. The van der Waals surface area contributed by atoms with Crippen molar-refractivity contribution in [1.82, 2.24) is 14.6 Å². The first-order valence-corrected chi connectivity index (χ1v) is 10.00. The summed E-state index contributed by atoms with van der Waals surface area (Å²) >= 11 is 0. The number of benzene rings is 1. The Balaban J connectivity index is 1.75. The number of aromatic nitrogens is 2. The lowest BCUT2D eigenvalue weighted by atomic mass is 10.00. The van der Waals surface area contributed by atoms with Gasteiger partial charge in [-0.05, 0) is 38.2 Å². The molecule has 1 saturated carbocycles. The average Bonchev–Trinajstić information content (AvgIpc) is 3.42. The minimum Gasteiger partial charge on any atom is -0.369 e. The van der Waals surface area contributed by atoms with E-state index >= 15 is 4.39 Å². The van der Waals surface area contributed by atoms with Gasteiger partial charge in [-0.1, -0.05) is 0 Å². The van der Waals surface area contributed by atoms with Gasteiger partial charge in [0.25, 0.3) is 5.56 Å². The van der Waals surface area contributed by atoms with Crippen LogP contribution in [-0.2, 0) is 0 Å². The van der Waals surface area contributed by atoms with E-state index in [-0.39, 0.29) is 29.9 Å². The maximum atomic E-state index is 15.2. The molecule has 30 heavy (non-hydrogen) atoms. The molecule has 1 aliphatic heterocycles. The van der Waals surface area contributed by atoms with E-state index in [2.05, 4.69) is 5.32 Å². The normalized spacial score (nSPS) is 20.0. The summed E-state index contributed by atoms with van der Waals surface area (Å²) in [4.78, 5) is 38.0. The van der Waals surface area contributed by atoms with Crippen LogP contribution in [0.2, 0.25) is 0 Å². The first kappa shape index (κ1) is 20.2. The number of fused-ring (bicyclic) bond motifs is 1. The zero-order valence-electron chi connectivity index (χ0n) is 16.7. The zero-order valence-corrected chi connectivity index (χ0v) is 16.7. The van der Waals surface area contributed by atoms with E-state index in [1.54, 1.807) is 6.92 Å². The number of primary amides is 1. The number of carbonyl (C=O) groups excluding carboxylic acids is 1. The molecular formula is C19H26FN7O3. The van der Waals surface area contributed by atoms with Crippen LogP contribution in [0.25, 0.3) is 10.9 Å². The quantitative estimate of drug-likeness (QED) is 0.478. The molecule has 2 amide bonds. The van der Waals surface area contributed by atoms with Gasteiger partial charge < -0.3 is 27.5 Å². The van der Waals surface area contributed by atoms with Crippen LogP contribution in [0.5, 0.6) is 0 Å². The predicted molar refractivity (Wildman–Crippen MR) is 111 cm³/mol. The Labute approximate surface area is 171 Å². The van der Waals surface area contributed by atoms with Gasteiger partial charge in [-0.3, -0.25) is 9.36 Å². The summed E-state index contributed by atoms with van der Waals surface area (Å²) in [5, 5.41) is 2.60. The van der Waals surface area contributed by atoms with Gasteiger partial charge in [0, 0.05) is 37.3 Å². The van der Waals surface area contributed by atoms with Gasteiger partial charge in [0.15, 0.2) is 0 Å². The number of halogens is 1. The van der Waals surface area contributed by atoms with Gasteiger partial charge in [-0.25, -0.2) is 14.0 Å². The molecule has 1 saturated heterocycles. The number of anilines is 1. The van der Waals surface area contributed by atoms with Crippen molar-refractivity contribution in [3.63, 3.8) is 0 Å². The fourth-order valence-electron chi connectivity index (χ4n) is 4.44. The van der Waals surface area contributed by atoms with Gasteiger partial charge >= 0.3 is 11.7 Å². The summed E-state index contributed by atoms with van der Waals surface area (Å²) in [5.41, 5.74) is 11.3. The van der Waals surface area contributed by atoms with Crippen LogP contribution in [0.15, 0.2) is 15.7 Å². The second-order valence-electron chi connectivity index (χ2n) is 8.19. The Hall–Kier alpha value is -3.08. The van der Waals surface area contributed by atoms with Crippen LogP contribution >= 0.6 is 0 Å². The summed E-state index contributed by atoms with van der Waals surface area (Å²) in [5.74, 6) is 5.16. The third-order valence-electron chi connectivity index (χ3n) is 6.14. The molecule has 4 rings (SSSR count). The number of hydrogen-bond acceptors (Lipinski definition) is 6. The van der Waals surface area contributed by atoms with Crippen LogP contribution in [0.4, 0.5) is 14.9 Å². The molecule has 1 aromatic heterocycles. The Bertz CT molecular complexity index is 1140. The molecule has 11 heteroatoms. The number of nitrogens with zero attached hydrogens (tertiary/aromatic N) is 3. The van der Waals surface area contributed by atoms with E-state index in [1.807, 2.05) is 4.90 Å². The highest BCUT2D eigenvalue weighted by Gasteiger charge is 2.33. The third kappa shape index (κ3) is 3.28. The highest BCUT2D eigenvalue weighted by Crippen LogP contribution is 2.39. The lowest BCUT2D eigenvalue weighted by Crippen LogP contribution is -2.45. The Morgan fingerprint density at radius 2 is 2.03 bits per heavy atom. The number of urea groups is 1. The van der Waals surface area contributed by atoms with Gasteiger partial charge in [-0.2, -0.15) is 4.68 Å². The van der Waals surface area contributed by atoms with Crippen LogP contribution in [0.3, 0.4) is 0 Å². The van der Waals surface area contributed by atoms with E-state index in [1.165, 1.54) is 10.6 Å². The molecule has 162 valence electrons. The van der Waals surface area contributed by atoms with Crippen molar-refractivity contribution < 1.29 is 9.18 Å². The highest BCUT2D eigenvalue weighted by molar-refractivity contribution is 5.87. The maximum absolute atomic E-state index is 15.2. The fourth-order valence-corrected chi connectivity index (χ4v) is 4.44. The molecule has 2 heterocycles. The Kier molecular flexibility index (Phi) is 4.92. The summed E-state index contributed by atoms with van der Waals surface area (Å²) in [6.07, 6.45) is 2.35. The molecule has 1 aromatic carbocycles. The molecule has 1 aliphatic carbocycles. The number of aryl methyl sites for hydroxylation is 1. The van der Waals surface area contributed by atoms with Crippen molar-refractivity contribution in [1.29, 1.82) is 0 Å². The number of rotatable bonds is 5. The van der Waals surface area contributed by atoms with Crippen molar-refractivity contribution in [2.75, 3.05) is 30.4 Å². The number of nitrogens with one attached hydrogen (secondary N) is 1. The number of carbonyl (C=O) groups is 1. The Morgan fingerprint density at radius 1 is 1.33 bits per heavy atom. The first-order valence-electron chi connectivity index (χ1n) is 10.00. The van der Waals surface area contributed by atoms with Crippen molar-refractivity contribution in [3.8, 4) is 0 Å². The van der Waals surface area contributed by atoms with E-state index in [9.17, 15) is 14.4 Å². The lowest BCUT2D eigenvalue weighted by Gasteiger charge is -2.25. The molecule has 2 aromatic rings. The molecule has 2 fully saturated rings. The molecule has 0 radical (unpaired) electrons. The maximum Gasteiger partial charge on any atom is 0.350 e. The smallest absolute Gasteiger partial charge is 0.350 e. The van der Waals surface area contributed by atoms with Gasteiger partial charge in [0.05, 0.1) is 16.6 Å². The average molecular weight is 419 g/mol. The largest absolute Gasteiger partial charge is 0.369 e. The number of nitrogen functional groups attached to an aromatic ring is 1. The second-order valence-corrected chi connectivity index (χ2v) is 8.19. The first-order chi connectivity index (χ1) is 14.2. The van der Waals surface area contributed by atoms with Crippen molar-refractivity contribution in [2.24, 2.45) is 17.4 Å². The highest BCUT2D eigenvalue weighted by atomic mass is 19.1. The van der Waals surface area contributed by atoms with Crippen LogP contribution in [0.1, 0.15) is 30.9 Å². The van der Waals surface area contributed by atoms with E-state index in [0.717, 1.165) is 19.3 Å². The van der Waals surface area contributed by atoms with Crippen molar-refractivity contribution >= 4 is 22.6 Å². The minimum absolute atomic E-state index is 0.0352. The molecule has 2 atom stereocenters. The SMILES string of the molecule is Cc1c(N2CCC(C(N)CNC(N)=O)C2)c(F)cc2c(=O)n(N)c(=O)n(C3CC3)c12. The van der Waals surface area contributed by atoms with Gasteiger partial charge in [0.1, 0.15) is 5.82 Å². The van der Waals surface area contributed by atoms with Crippen molar-refractivity contribution in [2.45, 2.75) is 38.3 Å². The molecule has 2 aliphatic rings. The van der Waals surface area contributed by atoms with Gasteiger partial charge in [0.2, 0.25) is 0 Å². The standard InChI is InChI=1S/C19H26FN7O3/c1-9-15-12(17(28)27(23)19(30)26(15)11-2-3-11)6-13(20)16(9)25-5-4-10(8-25)14(21)7-24-18(22)29/h6,10-11,14H,2-5,7-8,21,23H2,1H3,(H3,22,24,29). The lowest BCUT2D eigenvalue weighted by molar-refractivity contribution is 0.247. The summed E-state index contributed by atoms with van der Waals surface area (Å²) in [6, 6.07) is 0.177. The summed E-state index contributed by atoms with van der Waals surface area (Å²) in [7, 11) is 0. The number of hydrogen-bond donors (Lipinski definition) is 4. The molecule has 0 spiro atoms. The fraction of sp³-hybridized carbons (Fsp3) is 0.526. The van der Waals surface area contributed by atoms with Crippen molar-refractivity contribution in [3.05, 3.63) is 38.3 Å². The number of amides is 2. The van der Waals surface area contributed by atoms with E-state index < -0.39 is 23.1 Å². The topological polar surface area (TPSA) is 154 Å². The minimum atomic E-state index is -0.709. The molecule has 7 N–H and O–H groups in total. The monoisotopic (exact) mass is 419 g/mol. The van der Waals surface area contributed by atoms with E-state index in [0.29, 0.717) is 34.5 Å². The van der Waals surface area contributed by atoms with Crippen LogP contribution in [0, 0.1) is 18.7 Å². The molecule has 2 unspecified atom stereocenters. The molecular weight excluding hydrogens is 393 g/mol. The van der Waals surface area contributed by atoms with Crippen LogP contribution < -0.4 is 38.8 Å². The summed E-state index contributed by atoms with van der Waals surface area (Å²) < 4.78 is 17.2. The molecule has 10 nitrogen and oxygen atoms in total.